The molecule has 0 unspecified atom stereocenters. The fourth-order valence-corrected chi connectivity index (χ4v) is 3.86. The fourth-order valence-electron chi connectivity index (χ4n) is 2.25. The predicted molar refractivity (Wildman–Crippen MR) is 93.9 cm³/mol. The summed E-state index contributed by atoms with van der Waals surface area (Å²) >= 11 is 3.27. The second-order valence-corrected chi connectivity index (χ2v) is 7.46. The molecule has 3 aromatic rings. The van der Waals surface area contributed by atoms with Crippen molar-refractivity contribution in [2.24, 2.45) is 0 Å². The van der Waals surface area contributed by atoms with Gasteiger partial charge in [0, 0.05) is 18.5 Å². The van der Waals surface area contributed by atoms with Crippen molar-refractivity contribution < 1.29 is 4.42 Å². The van der Waals surface area contributed by atoms with E-state index < -0.39 is 0 Å². The third-order valence-corrected chi connectivity index (χ3v) is 5.39. The summed E-state index contributed by atoms with van der Waals surface area (Å²) in [5, 5.41) is 15.3. The molecule has 122 valence electrons. The average molecular weight is 348 g/mol. The second-order valence-electron chi connectivity index (χ2n) is 5.50. The molecule has 3 aromatic heterocycles. The average Bonchev–Trinajstić information content (AvgIpc) is 3.24. The number of thioether (sulfide) groups is 1. The maximum atomic E-state index is 5.72. The summed E-state index contributed by atoms with van der Waals surface area (Å²) in [4.78, 5) is 1.07. The van der Waals surface area contributed by atoms with E-state index in [1.165, 1.54) is 17.5 Å². The van der Waals surface area contributed by atoms with Gasteiger partial charge in [-0.05, 0) is 49.3 Å². The first-order chi connectivity index (χ1) is 11.2. The van der Waals surface area contributed by atoms with Crippen molar-refractivity contribution in [3.05, 3.63) is 35.0 Å². The van der Waals surface area contributed by atoms with Crippen LogP contribution in [0.2, 0.25) is 0 Å². The number of hydrogen-bond acceptors (Lipinski definition) is 6. The highest BCUT2D eigenvalue weighted by Gasteiger charge is 2.12. The zero-order chi connectivity index (χ0) is 16.1. The number of aromatic nitrogens is 4. The van der Waals surface area contributed by atoms with Crippen LogP contribution in [-0.2, 0) is 6.54 Å². The molecule has 7 heteroatoms. The highest BCUT2D eigenvalue weighted by molar-refractivity contribution is 7.99. The lowest BCUT2D eigenvalue weighted by Gasteiger charge is -2.01. The fraction of sp³-hybridized carbons (Fsp3) is 0.438. The third-order valence-electron chi connectivity index (χ3n) is 3.48. The van der Waals surface area contributed by atoms with Gasteiger partial charge in [-0.2, -0.15) is 5.10 Å². The van der Waals surface area contributed by atoms with E-state index in [0.29, 0.717) is 11.1 Å². The number of nitrogens with zero attached hydrogens (tertiary/aromatic N) is 4. The first-order valence-corrected chi connectivity index (χ1v) is 9.59. The third kappa shape index (κ3) is 4.45. The van der Waals surface area contributed by atoms with Crippen LogP contribution < -0.4 is 0 Å². The Hall–Kier alpha value is -1.60. The van der Waals surface area contributed by atoms with Crippen molar-refractivity contribution in [2.75, 3.05) is 5.75 Å². The van der Waals surface area contributed by atoms with Crippen LogP contribution in [0.3, 0.4) is 0 Å². The minimum atomic E-state index is 0.633. The van der Waals surface area contributed by atoms with Crippen LogP contribution in [0.15, 0.2) is 33.5 Å². The van der Waals surface area contributed by atoms with Gasteiger partial charge in [0.1, 0.15) is 0 Å². The van der Waals surface area contributed by atoms with Crippen molar-refractivity contribution >= 4 is 23.1 Å². The Morgan fingerprint density at radius 1 is 1.22 bits per heavy atom. The molecular formula is C16H20N4OS2. The zero-order valence-corrected chi connectivity index (χ0v) is 15.0. The lowest BCUT2D eigenvalue weighted by Crippen LogP contribution is -1.98. The Bertz CT molecular complexity index is 747. The van der Waals surface area contributed by atoms with E-state index in [1.54, 1.807) is 23.1 Å². The van der Waals surface area contributed by atoms with Crippen LogP contribution in [0, 0.1) is 13.8 Å². The highest BCUT2D eigenvalue weighted by atomic mass is 32.2. The Labute approximate surface area is 144 Å². The Balaban J connectivity index is 1.36. The standard InChI is InChI=1S/C16H20N4OS2/c1-12-10-17-20(11-12)7-4-3-5-8-23-16-19-18-15(21-16)14-13(2)6-9-22-14/h6,9-11H,3-5,7-8H2,1-2H3. The van der Waals surface area contributed by atoms with Crippen molar-refractivity contribution in [3.8, 4) is 10.8 Å². The zero-order valence-electron chi connectivity index (χ0n) is 13.4. The summed E-state index contributed by atoms with van der Waals surface area (Å²) in [6.07, 6.45) is 7.45. The number of rotatable bonds is 8. The molecule has 0 N–H and O–H groups in total. The summed E-state index contributed by atoms with van der Waals surface area (Å²) < 4.78 is 7.73. The Kier molecular flexibility index (Phi) is 5.51. The van der Waals surface area contributed by atoms with Crippen LogP contribution in [0.1, 0.15) is 30.4 Å². The van der Waals surface area contributed by atoms with Crippen LogP contribution >= 0.6 is 23.1 Å². The largest absolute Gasteiger partial charge is 0.410 e. The topological polar surface area (TPSA) is 56.7 Å². The molecule has 0 aromatic carbocycles. The van der Waals surface area contributed by atoms with E-state index in [1.807, 2.05) is 16.3 Å². The molecule has 0 bridgehead atoms. The van der Waals surface area contributed by atoms with E-state index in [2.05, 4.69) is 41.4 Å². The van der Waals surface area contributed by atoms with Crippen LogP contribution in [0.4, 0.5) is 0 Å². The number of thiophene rings is 1. The maximum Gasteiger partial charge on any atom is 0.276 e. The van der Waals surface area contributed by atoms with Gasteiger partial charge in [-0.3, -0.25) is 4.68 Å². The van der Waals surface area contributed by atoms with Crippen molar-refractivity contribution in [3.63, 3.8) is 0 Å². The summed E-state index contributed by atoms with van der Waals surface area (Å²) in [5.74, 6) is 1.64. The molecule has 0 atom stereocenters. The summed E-state index contributed by atoms with van der Waals surface area (Å²) in [7, 11) is 0. The monoisotopic (exact) mass is 348 g/mol. The SMILES string of the molecule is Cc1cnn(CCCCCSc2nnc(-c3sccc3C)o2)c1. The van der Waals surface area contributed by atoms with Gasteiger partial charge in [-0.1, -0.05) is 18.2 Å². The summed E-state index contributed by atoms with van der Waals surface area (Å²) in [6.45, 7) is 5.11. The van der Waals surface area contributed by atoms with E-state index in [4.69, 9.17) is 4.42 Å². The maximum absolute atomic E-state index is 5.72. The number of hydrogen-bond donors (Lipinski definition) is 0. The molecule has 0 saturated heterocycles. The van der Waals surface area contributed by atoms with Gasteiger partial charge in [-0.15, -0.1) is 21.5 Å². The van der Waals surface area contributed by atoms with E-state index in [0.717, 1.165) is 30.0 Å². The number of unbranched alkanes of at least 4 members (excludes halogenated alkanes) is 2. The molecule has 0 spiro atoms. The van der Waals surface area contributed by atoms with Crippen molar-refractivity contribution in [2.45, 2.75) is 44.9 Å². The molecule has 0 amide bonds. The molecule has 0 aliphatic heterocycles. The van der Waals surface area contributed by atoms with E-state index in [-0.39, 0.29) is 0 Å². The van der Waals surface area contributed by atoms with Gasteiger partial charge in [0.2, 0.25) is 0 Å². The van der Waals surface area contributed by atoms with Crippen LogP contribution in [0.5, 0.6) is 0 Å². The minimum absolute atomic E-state index is 0.633. The normalized spacial score (nSPS) is 11.2. The first-order valence-electron chi connectivity index (χ1n) is 7.72. The molecule has 23 heavy (non-hydrogen) atoms. The second kappa shape index (κ2) is 7.79. The summed E-state index contributed by atoms with van der Waals surface area (Å²) in [5.41, 5.74) is 2.40. The Morgan fingerprint density at radius 2 is 2.13 bits per heavy atom. The summed E-state index contributed by atoms with van der Waals surface area (Å²) in [6, 6.07) is 2.07. The quantitative estimate of drug-likeness (QED) is 0.441. The molecule has 0 saturated carbocycles. The number of aryl methyl sites for hydroxylation is 3. The van der Waals surface area contributed by atoms with Gasteiger partial charge >= 0.3 is 0 Å². The molecule has 3 rings (SSSR count). The highest BCUT2D eigenvalue weighted by Crippen LogP contribution is 2.30. The molecule has 5 nitrogen and oxygen atoms in total. The lowest BCUT2D eigenvalue weighted by atomic mass is 10.2. The van der Waals surface area contributed by atoms with Crippen LogP contribution in [0.25, 0.3) is 10.8 Å². The smallest absolute Gasteiger partial charge is 0.276 e. The van der Waals surface area contributed by atoms with E-state index >= 15 is 0 Å². The molecule has 0 radical (unpaired) electrons. The van der Waals surface area contributed by atoms with Crippen LogP contribution in [-0.4, -0.2) is 25.7 Å². The molecule has 0 aliphatic carbocycles. The Morgan fingerprint density at radius 3 is 2.87 bits per heavy atom. The van der Waals surface area contributed by atoms with Gasteiger partial charge < -0.3 is 4.42 Å². The predicted octanol–water partition coefficient (Wildman–Crippen LogP) is 4.57. The van der Waals surface area contributed by atoms with Gasteiger partial charge in [0.05, 0.1) is 11.1 Å². The minimum Gasteiger partial charge on any atom is -0.410 e. The molecule has 0 aliphatic rings. The molecule has 0 fully saturated rings. The van der Waals surface area contributed by atoms with Gasteiger partial charge in [-0.25, -0.2) is 0 Å². The van der Waals surface area contributed by atoms with Crippen molar-refractivity contribution in [1.29, 1.82) is 0 Å². The molecule has 3 heterocycles. The first kappa shape index (κ1) is 16.3. The van der Waals surface area contributed by atoms with Crippen molar-refractivity contribution in [1.82, 2.24) is 20.0 Å². The van der Waals surface area contributed by atoms with E-state index in [9.17, 15) is 0 Å². The van der Waals surface area contributed by atoms with Gasteiger partial charge in [0.25, 0.3) is 11.1 Å². The lowest BCUT2D eigenvalue weighted by molar-refractivity contribution is 0.466. The van der Waals surface area contributed by atoms with Gasteiger partial charge in [0.15, 0.2) is 0 Å². The molecular weight excluding hydrogens is 328 g/mol.